The van der Waals surface area contributed by atoms with E-state index in [1.165, 1.54) is 4.57 Å². The van der Waals surface area contributed by atoms with Gasteiger partial charge in [-0.15, -0.1) is 0 Å². The molecule has 1 aliphatic heterocycles. The number of nitrogens with one attached hydrogen (secondary N) is 2. The van der Waals surface area contributed by atoms with Gasteiger partial charge in [0, 0.05) is 32.7 Å². The van der Waals surface area contributed by atoms with Crippen LogP contribution in [0.3, 0.4) is 0 Å². The molecule has 0 aliphatic carbocycles. The number of benzene rings is 2. The van der Waals surface area contributed by atoms with Gasteiger partial charge in [-0.3, -0.25) is 23.5 Å². The van der Waals surface area contributed by atoms with E-state index in [0.29, 0.717) is 48.5 Å². The summed E-state index contributed by atoms with van der Waals surface area (Å²) in [4.78, 5) is 51.6. The Kier molecular flexibility index (Phi) is 9.37. The zero-order chi connectivity index (χ0) is 27.8. The molecule has 1 aromatic heterocycles. The second-order valence-corrected chi connectivity index (χ2v) is 9.32. The highest BCUT2D eigenvalue weighted by Gasteiger charge is 2.19. The molecule has 11 nitrogen and oxygen atoms in total. The largest absolute Gasteiger partial charge is 0.493 e. The molecule has 2 N–H and O–H groups in total. The van der Waals surface area contributed by atoms with Crippen molar-refractivity contribution >= 4 is 22.7 Å². The fourth-order valence-corrected chi connectivity index (χ4v) is 4.64. The van der Waals surface area contributed by atoms with E-state index < -0.39 is 11.2 Å². The summed E-state index contributed by atoms with van der Waals surface area (Å²) in [5, 5.41) is 5.94. The molecule has 1 aliphatic rings. The van der Waals surface area contributed by atoms with Gasteiger partial charge in [0.2, 0.25) is 11.8 Å². The first-order valence-electron chi connectivity index (χ1n) is 13.0. The Morgan fingerprint density at radius 1 is 1.00 bits per heavy atom. The van der Waals surface area contributed by atoms with Crippen LogP contribution in [0.1, 0.15) is 24.8 Å². The Morgan fingerprint density at radius 2 is 1.79 bits per heavy atom. The number of hydrogen-bond donors (Lipinski definition) is 2. The van der Waals surface area contributed by atoms with E-state index in [9.17, 15) is 19.2 Å². The molecule has 39 heavy (non-hydrogen) atoms. The molecule has 0 saturated carbocycles. The highest BCUT2D eigenvalue weighted by molar-refractivity contribution is 5.81. The van der Waals surface area contributed by atoms with Gasteiger partial charge in [0.05, 0.1) is 31.2 Å². The van der Waals surface area contributed by atoms with Crippen molar-refractivity contribution in [3.05, 3.63) is 68.9 Å². The van der Waals surface area contributed by atoms with Gasteiger partial charge in [0.25, 0.3) is 5.56 Å². The van der Waals surface area contributed by atoms with Gasteiger partial charge in [-0.1, -0.05) is 18.2 Å². The number of carbonyl (C=O) groups is 2. The first kappa shape index (κ1) is 27.9. The minimum atomic E-state index is -0.635. The summed E-state index contributed by atoms with van der Waals surface area (Å²) < 4.78 is 18.4. The maximum Gasteiger partial charge on any atom is 0.331 e. The number of carbonyl (C=O) groups excluding carboxylic acids is 2. The van der Waals surface area contributed by atoms with Crippen molar-refractivity contribution in [2.24, 2.45) is 0 Å². The lowest BCUT2D eigenvalue weighted by Gasteiger charge is -2.15. The summed E-state index contributed by atoms with van der Waals surface area (Å²) in [7, 11) is 3.12. The third kappa shape index (κ3) is 6.85. The number of ether oxygens (including phenoxy) is 3. The van der Waals surface area contributed by atoms with Crippen LogP contribution in [0.25, 0.3) is 10.9 Å². The van der Waals surface area contributed by atoms with Crippen LogP contribution in [0.15, 0.2) is 52.1 Å². The monoisotopic (exact) mass is 538 g/mol. The van der Waals surface area contributed by atoms with Gasteiger partial charge in [0.1, 0.15) is 6.54 Å². The van der Waals surface area contributed by atoms with E-state index in [0.717, 1.165) is 23.0 Å². The molecule has 2 heterocycles. The number of methoxy groups -OCH3 is 2. The predicted molar refractivity (Wildman–Crippen MR) is 145 cm³/mol. The van der Waals surface area contributed by atoms with E-state index in [4.69, 9.17) is 14.2 Å². The summed E-state index contributed by atoms with van der Waals surface area (Å²) >= 11 is 0. The minimum absolute atomic E-state index is 0.0263. The maximum absolute atomic E-state index is 13.3. The van der Waals surface area contributed by atoms with Gasteiger partial charge in [-0.05, 0) is 49.1 Å². The molecule has 1 saturated heterocycles. The standard InChI is InChI=1S/C28H34N4O7/c1-37-23-10-9-19(16-24(23)38-2)11-13-29-25(33)12-14-31-27(35)21-7-3-4-8-22(21)32(28(31)36)18-26(34)30-17-20-6-5-15-39-20/h3-4,7-10,16,20H,5-6,11-15,17-18H2,1-2H3,(H,29,33)(H,30,34)/t20-/m0/s1. The van der Waals surface area contributed by atoms with Crippen LogP contribution in [0.4, 0.5) is 0 Å². The molecule has 11 heteroatoms. The number of fused-ring (bicyclic) bond motifs is 1. The van der Waals surface area contributed by atoms with Crippen molar-refractivity contribution in [3.63, 3.8) is 0 Å². The Balaban J connectivity index is 1.40. The van der Waals surface area contributed by atoms with Crippen LogP contribution in [0.5, 0.6) is 11.5 Å². The molecular formula is C28H34N4O7. The lowest BCUT2D eigenvalue weighted by molar-refractivity contribution is -0.122. The maximum atomic E-state index is 13.3. The lowest BCUT2D eigenvalue weighted by Crippen LogP contribution is -2.44. The zero-order valence-electron chi connectivity index (χ0n) is 22.2. The van der Waals surface area contributed by atoms with Gasteiger partial charge < -0.3 is 24.8 Å². The Morgan fingerprint density at radius 3 is 2.54 bits per heavy atom. The van der Waals surface area contributed by atoms with Crippen LogP contribution in [-0.4, -0.2) is 61.0 Å². The molecule has 0 bridgehead atoms. The van der Waals surface area contributed by atoms with E-state index in [-0.39, 0.29) is 37.4 Å². The summed E-state index contributed by atoms with van der Waals surface area (Å²) in [6.45, 7) is 1.07. The average molecular weight is 539 g/mol. The van der Waals surface area contributed by atoms with Crippen molar-refractivity contribution in [3.8, 4) is 11.5 Å². The van der Waals surface area contributed by atoms with Crippen molar-refractivity contribution in [2.75, 3.05) is 33.9 Å². The van der Waals surface area contributed by atoms with Crippen molar-refractivity contribution in [1.29, 1.82) is 0 Å². The molecule has 208 valence electrons. The first-order valence-corrected chi connectivity index (χ1v) is 13.0. The van der Waals surface area contributed by atoms with Crippen LogP contribution in [0, 0.1) is 0 Å². The topological polar surface area (TPSA) is 130 Å². The third-order valence-corrected chi connectivity index (χ3v) is 6.73. The summed E-state index contributed by atoms with van der Waals surface area (Å²) in [5.41, 5.74) is 0.198. The van der Waals surface area contributed by atoms with Crippen LogP contribution in [0.2, 0.25) is 0 Å². The quantitative estimate of drug-likeness (QED) is 0.355. The number of rotatable bonds is 12. The summed E-state index contributed by atoms with van der Waals surface area (Å²) in [6.07, 6.45) is 2.31. The SMILES string of the molecule is COc1ccc(CCNC(=O)CCn2c(=O)c3ccccc3n(CC(=O)NC[C@@H]3CCCO3)c2=O)cc1OC. The molecule has 0 radical (unpaired) electrons. The third-order valence-electron chi connectivity index (χ3n) is 6.73. The van der Waals surface area contributed by atoms with E-state index >= 15 is 0 Å². The normalized spacial score (nSPS) is 14.8. The lowest BCUT2D eigenvalue weighted by atomic mass is 10.1. The minimum Gasteiger partial charge on any atom is -0.493 e. The van der Waals surface area contributed by atoms with Crippen LogP contribution in [-0.2, 0) is 33.8 Å². The number of hydrogen-bond acceptors (Lipinski definition) is 7. The van der Waals surface area contributed by atoms with E-state index in [1.807, 2.05) is 12.1 Å². The Labute approximate surface area is 225 Å². The highest BCUT2D eigenvalue weighted by atomic mass is 16.5. The summed E-state index contributed by atoms with van der Waals surface area (Å²) in [5.74, 6) is 0.581. The number of aromatic nitrogens is 2. The molecule has 3 aromatic rings. The average Bonchev–Trinajstić information content (AvgIpc) is 3.48. The van der Waals surface area contributed by atoms with Crippen LogP contribution >= 0.6 is 0 Å². The van der Waals surface area contributed by atoms with Crippen molar-refractivity contribution in [2.45, 2.75) is 44.9 Å². The molecule has 4 rings (SSSR count). The molecular weight excluding hydrogens is 504 g/mol. The Bertz CT molecular complexity index is 1440. The number of para-hydroxylation sites is 1. The molecule has 0 unspecified atom stereocenters. The molecule has 0 spiro atoms. The van der Waals surface area contributed by atoms with E-state index in [1.54, 1.807) is 44.6 Å². The van der Waals surface area contributed by atoms with Gasteiger partial charge in [-0.25, -0.2) is 4.79 Å². The zero-order valence-corrected chi connectivity index (χ0v) is 22.2. The number of nitrogens with zero attached hydrogens (tertiary/aromatic N) is 2. The molecule has 2 amide bonds. The second-order valence-electron chi connectivity index (χ2n) is 9.32. The van der Waals surface area contributed by atoms with Crippen molar-refractivity contribution < 1.29 is 23.8 Å². The van der Waals surface area contributed by atoms with Gasteiger partial charge in [-0.2, -0.15) is 0 Å². The van der Waals surface area contributed by atoms with Crippen LogP contribution < -0.4 is 31.4 Å². The second kappa shape index (κ2) is 13.1. The molecule has 1 fully saturated rings. The van der Waals surface area contributed by atoms with Crippen molar-refractivity contribution in [1.82, 2.24) is 19.8 Å². The fraction of sp³-hybridized carbons (Fsp3) is 0.429. The smallest absolute Gasteiger partial charge is 0.331 e. The highest BCUT2D eigenvalue weighted by Crippen LogP contribution is 2.27. The Hall–Kier alpha value is -4.12. The number of amides is 2. The molecule has 1 atom stereocenters. The van der Waals surface area contributed by atoms with Gasteiger partial charge >= 0.3 is 5.69 Å². The first-order chi connectivity index (χ1) is 18.9. The summed E-state index contributed by atoms with van der Waals surface area (Å²) in [6, 6.07) is 12.2. The predicted octanol–water partition coefficient (Wildman–Crippen LogP) is 1.22. The molecule has 2 aromatic carbocycles. The van der Waals surface area contributed by atoms with Gasteiger partial charge in [0.15, 0.2) is 11.5 Å². The fourth-order valence-electron chi connectivity index (χ4n) is 4.64. The van der Waals surface area contributed by atoms with E-state index in [2.05, 4.69) is 10.6 Å².